The van der Waals surface area contributed by atoms with Gasteiger partial charge >= 0.3 is 12.0 Å². The van der Waals surface area contributed by atoms with Crippen LogP contribution in [0.1, 0.15) is 13.8 Å². The smallest absolute Gasteiger partial charge is 0.327 e. The zero-order valence-electron chi connectivity index (χ0n) is 8.06. The van der Waals surface area contributed by atoms with Crippen LogP contribution in [0.4, 0.5) is 4.79 Å². The molecule has 6 heteroatoms. The molecule has 0 aliphatic carbocycles. The molecule has 0 aromatic carbocycles. The summed E-state index contributed by atoms with van der Waals surface area (Å²) >= 11 is 0. The van der Waals surface area contributed by atoms with Gasteiger partial charge in [-0.05, 0) is 13.8 Å². The second-order valence-corrected chi connectivity index (χ2v) is 3.06. The number of carbonyl (C=O) groups excluding carboxylic acids is 2. The van der Waals surface area contributed by atoms with E-state index in [1.165, 1.54) is 6.92 Å². The number of hydrogen-bond acceptors (Lipinski definition) is 3. The molecule has 1 fully saturated rings. The van der Waals surface area contributed by atoms with Crippen molar-refractivity contribution in [3.8, 4) is 0 Å². The molecule has 1 saturated heterocycles. The highest BCUT2D eigenvalue weighted by Gasteiger charge is 2.42. The van der Waals surface area contributed by atoms with Gasteiger partial charge in [0.25, 0.3) is 5.91 Å². The zero-order chi connectivity index (χ0) is 10.9. The molecule has 1 N–H and O–H groups in total. The molecule has 0 aromatic rings. The molecule has 78 valence electrons. The molecule has 1 unspecified atom stereocenters. The lowest BCUT2D eigenvalue weighted by atomic mass is 10.3. The van der Waals surface area contributed by atoms with E-state index < -0.39 is 24.6 Å². The Morgan fingerprint density at radius 3 is 2.43 bits per heavy atom. The first-order valence-electron chi connectivity index (χ1n) is 4.32. The van der Waals surface area contributed by atoms with Crippen LogP contribution in [0.2, 0.25) is 0 Å². The Balaban J connectivity index is 2.83. The Morgan fingerprint density at radius 2 is 2.07 bits per heavy atom. The normalized spacial score (nSPS) is 22.0. The van der Waals surface area contributed by atoms with E-state index in [0.717, 1.165) is 9.80 Å². The second-order valence-electron chi connectivity index (χ2n) is 3.06. The highest BCUT2D eigenvalue weighted by atomic mass is 16.4. The average Bonchev–Trinajstić information content (AvgIpc) is 2.30. The predicted molar refractivity (Wildman–Crippen MR) is 46.6 cm³/mol. The average molecular weight is 200 g/mol. The maximum absolute atomic E-state index is 11.5. The van der Waals surface area contributed by atoms with Crippen molar-refractivity contribution >= 4 is 17.9 Å². The maximum Gasteiger partial charge on any atom is 0.327 e. The van der Waals surface area contributed by atoms with Gasteiger partial charge in [0, 0.05) is 6.54 Å². The number of nitrogens with zero attached hydrogens (tertiary/aromatic N) is 2. The van der Waals surface area contributed by atoms with Gasteiger partial charge in [-0.15, -0.1) is 0 Å². The molecule has 6 nitrogen and oxygen atoms in total. The lowest BCUT2D eigenvalue weighted by Crippen LogP contribution is -2.37. The molecule has 14 heavy (non-hydrogen) atoms. The fourth-order valence-corrected chi connectivity index (χ4v) is 1.42. The van der Waals surface area contributed by atoms with Gasteiger partial charge in [0.2, 0.25) is 0 Å². The molecule has 1 atom stereocenters. The van der Waals surface area contributed by atoms with Crippen molar-refractivity contribution in [2.45, 2.75) is 19.9 Å². The third-order valence-corrected chi connectivity index (χ3v) is 2.19. The van der Waals surface area contributed by atoms with Crippen LogP contribution in [0.25, 0.3) is 0 Å². The van der Waals surface area contributed by atoms with E-state index in [1.54, 1.807) is 6.92 Å². The predicted octanol–water partition coefficient (Wildman–Crippen LogP) is -0.256. The Bertz CT molecular complexity index is 289. The van der Waals surface area contributed by atoms with E-state index in [9.17, 15) is 14.4 Å². The highest BCUT2D eigenvalue weighted by molar-refractivity contribution is 6.04. The standard InChI is InChI=1S/C8H12N2O4/c1-3-9-7(13)5(2)10(8(9)14)4-6(11)12/h5H,3-4H2,1-2H3,(H,11,12). The van der Waals surface area contributed by atoms with Gasteiger partial charge in [0.1, 0.15) is 12.6 Å². The first-order chi connectivity index (χ1) is 6.49. The Hall–Kier alpha value is -1.59. The monoisotopic (exact) mass is 200 g/mol. The van der Waals surface area contributed by atoms with Crippen molar-refractivity contribution in [2.75, 3.05) is 13.1 Å². The highest BCUT2D eigenvalue weighted by Crippen LogP contribution is 2.16. The second kappa shape index (κ2) is 3.65. The molecule has 1 aliphatic heterocycles. The number of amides is 3. The summed E-state index contributed by atoms with van der Waals surface area (Å²) in [5, 5.41) is 8.53. The first-order valence-corrected chi connectivity index (χ1v) is 4.32. The molecule has 0 saturated carbocycles. The van der Waals surface area contributed by atoms with Crippen molar-refractivity contribution in [2.24, 2.45) is 0 Å². The fourth-order valence-electron chi connectivity index (χ4n) is 1.42. The molecule has 1 rings (SSSR count). The molecule has 1 aliphatic rings. The molecule has 0 aromatic heterocycles. The first kappa shape index (κ1) is 10.5. The van der Waals surface area contributed by atoms with E-state index in [1.807, 2.05) is 0 Å². The summed E-state index contributed by atoms with van der Waals surface area (Å²) in [6, 6.07) is -1.19. The molecule has 0 spiro atoms. The summed E-state index contributed by atoms with van der Waals surface area (Å²) in [5.41, 5.74) is 0. The quantitative estimate of drug-likeness (QED) is 0.637. The lowest BCUT2D eigenvalue weighted by molar-refractivity contribution is -0.138. The third-order valence-electron chi connectivity index (χ3n) is 2.19. The molecular formula is C8H12N2O4. The zero-order valence-corrected chi connectivity index (χ0v) is 8.06. The largest absolute Gasteiger partial charge is 0.480 e. The Morgan fingerprint density at radius 1 is 1.50 bits per heavy atom. The number of carboxylic acids is 1. The van der Waals surface area contributed by atoms with Crippen LogP contribution < -0.4 is 0 Å². The minimum Gasteiger partial charge on any atom is -0.480 e. The van der Waals surface area contributed by atoms with Gasteiger partial charge in [-0.25, -0.2) is 4.79 Å². The summed E-state index contributed by atoms with van der Waals surface area (Å²) in [7, 11) is 0. The van der Waals surface area contributed by atoms with Crippen LogP contribution in [0.3, 0.4) is 0 Å². The number of carboxylic acid groups (broad SMARTS) is 1. The van der Waals surface area contributed by atoms with Gasteiger partial charge in [-0.3, -0.25) is 14.5 Å². The van der Waals surface area contributed by atoms with Crippen molar-refractivity contribution in [3.63, 3.8) is 0 Å². The molecule has 0 radical (unpaired) electrons. The van der Waals surface area contributed by atoms with Crippen LogP contribution in [0.5, 0.6) is 0 Å². The summed E-state index contributed by atoms with van der Waals surface area (Å²) < 4.78 is 0. The summed E-state index contributed by atoms with van der Waals surface area (Å²) in [6.07, 6.45) is 0. The van der Waals surface area contributed by atoms with Crippen LogP contribution >= 0.6 is 0 Å². The topological polar surface area (TPSA) is 77.9 Å². The van der Waals surface area contributed by atoms with Crippen LogP contribution in [0.15, 0.2) is 0 Å². The third kappa shape index (κ3) is 1.55. The lowest BCUT2D eigenvalue weighted by Gasteiger charge is -2.15. The number of carbonyl (C=O) groups is 3. The number of urea groups is 1. The van der Waals surface area contributed by atoms with Crippen molar-refractivity contribution < 1.29 is 19.5 Å². The van der Waals surface area contributed by atoms with Gasteiger partial charge < -0.3 is 10.0 Å². The van der Waals surface area contributed by atoms with E-state index in [4.69, 9.17) is 5.11 Å². The minimum atomic E-state index is -1.11. The number of likely N-dealkylation sites (N-methyl/N-ethyl adjacent to an activating group) is 1. The molecule has 0 bridgehead atoms. The van der Waals surface area contributed by atoms with Gasteiger partial charge in [-0.1, -0.05) is 0 Å². The van der Waals surface area contributed by atoms with E-state index in [2.05, 4.69) is 0 Å². The van der Waals surface area contributed by atoms with E-state index >= 15 is 0 Å². The van der Waals surface area contributed by atoms with Crippen molar-refractivity contribution in [3.05, 3.63) is 0 Å². The van der Waals surface area contributed by atoms with E-state index in [0.29, 0.717) is 0 Å². The van der Waals surface area contributed by atoms with Crippen molar-refractivity contribution in [1.82, 2.24) is 9.80 Å². The summed E-state index contributed by atoms with van der Waals surface area (Å²) in [5.74, 6) is -1.45. The number of imide groups is 1. The number of aliphatic carboxylic acids is 1. The molecular weight excluding hydrogens is 188 g/mol. The van der Waals surface area contributed by atoms with Crippen LogP contribution in [0, 0.1) is 0 Å². The van der Waals surface area contributed by atoms with Gasteiger partial charge in [-0.2, -0.15) is 0 Å². The SMILES string of the molecule is CCN1C(=O)C(C)N(CC(=O)O)C1=O. The Kier molecular flexibility index (Phi) is 2.73. The van der Waals surface area contributed by atoms with Crippen molar-refractivity contribution in [1.29, 1.82) is 0 Å². The van der Waals surface area contributed by atoms with E-state index in [-0.39, 0.29) is 12.5 Å². The maximum atomic E-state index is 11.5. The minimum absolute atomic E-state index is 0.276. The number of hydrogen-bond donors (Lipinski definition) is 1. The summed E-state index contributed by atoms with van der Waals surface area (Å²) in [6.45, 7) is 3.05. The molecule has 1 heterocycles. The van der Waals surface area contributed by atoms with Gasteiger partial charge in [0.15, 0.2) is 0 Å². The fraction of sp³-hybridized carbons (Fsp3) is 0.625. The summed E-state index contributed by atoms with van der Waals surface area (Å²) in [4.78, 5) is 35.4. The number of rotatable bonds is 3. The van der Waals surface area contributed by atoms with Gasteiger partial charge in [0.05, 0.1) is 0 Å². The Labute approximate surface area is 81.1 Å². The van der Waals surface area contributed by atoms with Crippen LogP contribution in [-0.4, -0.2) is 51.9 Å². The molecule has 3 amide bonds. The van der Waals surface area contributed by atoms with Crippen LogP contribution in [-0.2, 0) is 9.59 Å².